The molecule has 0 amide bonds. The Labute approximate surface area is 328 Å². The highest BCUT2D eigenvalue weighted by molar-refractivity contribution is 6.52. The summed E-state index contributed by atoms with van der Waals surface area (Å²) in [5.41, 5.74) is 5.29. The minimum Gasteiger partial charge on any atom is -0.507 e. The van der Waals surface area contributed by atoms with E-state index in [0.717, 1.165) is 90.0 Å². The average molecular weight is 767 g/mol. The maximum atomic E-state index is 12.6. The van der Waals surface area contributed by atoms with Crippen molar-refractivity contribution >= 4 is 68.0 Å². The number of fused-ring (bicyclic) bond motifs is 3. The second-order valence-corrected chi connectivity index (χ2v) is 15.2. The number of carbonyl (C=O) groups excluding carboxylic acids is 2. The molecule has 1 heterocycles. The number of nitrogens with one attached hydrogen (secondary N) is 1. The number of benzene rings is 4. The zero-order chi connectivity index (χ0) is 38.4. The van der Waals surface area contributed by atoms with Gasteiger partial charge in [-0.3, -0.25) is 9.59 Å². The van der Waals surface area contributed by atoms with Crippen molar-refractivity contribution in [3.63, 3.8) is 0 Å². The fourth-order valence-electron chi connectivity index (χ4n) is 7.87. The van der Waals surface area contributed by atoms with Crippen molar-refractivity contribution in [3.8, 4) is 5.75 Å². The van der Waals surface area contributed by atoms with E-state index < -0.39 is 11.6 Å². The molecule has 54 heavy (non-hydrogen) atoms. The highest BCUT2D eigenvalue weighted by atomic mass is 35.5. The summed E-state index contributed by atoms with van der Waals surface area (Å²) in [6.07, 6.45) is 5.70. The van der Waals surface area contributed by atoms with Crippen LogP contribution < -0.4 is 10.1 Å². The number of nitrogens with zero attached hydrogens (tertiary/aromatic N) is 2. The third kappa shape index (κ3) is 8.75. The van der Waals surface area contributed by atoms with E-state index in [-0.39, 0.29) is 11.7 Å². The molecule has 7 nitrogen and oxygen atoms in total. The standard InChI is InChI=1S/C23H30ClN3O.C22H19ClO3/c1-5-27(6-2)13-7-8-16(3)25-23-19-11-9-17(24)14-22(19)26-21-12-10-18(28-4)15-20(21)23;23-16-11-9-14(10-12-16)13-5-7-15(8-6-13)19-20(24)17-3-1-2-4-18(17)21(25)22(19)26/h9-12,14-16H,5-8,13H2,1-4H3,(H,25,26);1-4,9-13,15,24H,5-8H2. The maximum absolute atomic E-state index is 12.6. The van der Waals surface area contributed by atoms with Gasteiger partial charge in [0.2, 0.25) is 11.6 Å². The molecule has 1 aromatic heterocycles. The molecular formula is C45H49Cl2N3O4. The predicted octanol–water partition coefficient (Wildman–Crippen LogP) is 11.3. The van der Waals surface area contributed by atoms with Crippen LogP contribution in [0, 0.1) is 5.92 Å². The molecule has 2 aliphatic rings. The summed E-state index contributed by atoms with van der Waals surface area (Å²) in [4.78, 5) is 32.3. The molecule has 2 N–H and O–H groups in total. The van der Waals surface area contributed by atoms with Gasteiger partial charge in [0.1, 0.15) is 11.5 Å². The van der Waals surface area contributed by atoms with E-state index in [9.17, 15) is 14.7 Å². The van der Waals surface area contributed by atoms with E-state index in [1.807, 2.05) is 36.4 Å². The number of ether oxygens (including phenoxy) is 1. The van der Waals surface area contributed by atoms with Gasteiger partial charge in [0.25, 0.3) is 0 Å². The molecule has 5 aromatic rings. The van der Waals surface area contributed by atoms with Gasteiger partial charge in [-0.25, -0.2) is 4.98 Å². The molecule has 2 aliphatic carbocycles. The summed E-state index contributed by atoms with van der Waals surface area (Å²) >= 11 is 12.2. The molecule has 0 radical (unpaired) electrons. The number of allylic oxidation sites excluding steroid dienone is 1. The van der Waals surface area contributed by atoms with Crippen molar-refractivity contribution < 1.29 is 19.4 Å². The van der Waals surface area contributed by atoms with Crippen LogP contribution in [0.5, 0.6) is 5.75 Å². The zero-order valence-corrected chi connectivity index (χ0v) is 33.0. The lowest BCUT2D eigenvalue weighted by Crippen LogP contribution is -2.29. The lowest BCUT2D eigenvalue weighted by atomic mass is 9.72. The Hall–Kier alpha value is -4.43. The number of methoxy groups -OCH3 is 1. The van der Waals surface area contributed by atoms with Crippen molar-refractivity contribution in [1.29, 1.82) is 0 Å². The van der Waals surface area contributed by atoms with Gasteiger partial charge in [0.15, 0.2) is 0 Å². The first-order valence-corrected chi connectivity index (χ1v) is 19.8. The number of aromatic nitrogens is 1. The average Bonchev–Trinajstić information content (AvgIpc) is 3.19. The number of aliphatic hydroxyl groups excluding tert-OH is 1. The third-order valence-corrected chi connectivity index (χ3v) is 11.4. The van der Waals surface area contributed by atoms with Crippen LogP contribution in [0.1, 0.15) is 86.7 Å². The fourth-order valence-corrected chi connectivity index (χ4v) is 8.16. The van der Waals surface area contributed by atoms with Crippen LogP contribution in [-0.4, -0.2) is 59.3 Å². The molecule has 0 aliphatic heterocycles. The summed E-state index contributed by atoms with van der Waals surface area (Å²) in [6, 6.07) is 26.9. The lowest BCUT2D eigenvalue weighted by Gasteiger charge is -2.31. The number of carbonyl (C=O) groups is 2. The molecule has 0 spiro atoms. The minimum absolute atomic E-state index is 0.0138. The van der Waals surface area contributed by atoms with E-state index in [1.54, 1.807) is 31.4 Å². The Balaban J connectivity index is 0.000000185. The molecule has 9 heteroatoms. The van der Waals surface area contributed by atoms with Gasteiger partial charge in [-0.2, -0.15) is 0 Å². The summed E-state index contributed by atoms with van der Waals surface area (Å²) < 4.78 is 5.45. The number of rotatable bonds is 11. The van der Waals surface area contributed by atoms with Gasteiger partial charge in [-0.05, 0) is 131 Å². The van der Waals surface area contributed by atoms with Gasteiger partial charge in [0, 0.05) is 43.6 Å². The Morgan fingerprint density at radius 3 is 2.17 bits per heavy atom. The monoisotopic (exact) mass is 765 g/mol. The molecule has 7 rings (SSSR count). The Morgan fingerprint density at radius 2 is 1.48 bits per heavy atom. The van der Waals surface area contributed by atoms with Crippen molar-refractivity contribution in [1.82, 2.24) is 9.88 Å². The smallest absolute Gasteiger partial charge is 0.234 e. The number of ketones is 2. The van der Waals surface area contributed by atoms with Crippen LogP contribution in [0.25, 0.3) is 27.6 Å². The van der Waals surface area contributed by atoms with E-state index >= 15 is 0 Å². The van der Waals surface area contributed by atoms with E-state index in [2.05, 4.69) is 55.3 Å². The number of pyridine rings is 1. The number of halogens is 2. The van der Waals surface area contributed by atoms with Crippen molar-refractivity contribution in [2.24, 2.45) is 5.92 Å². The molecule has 0 bridgehead atoms. The lowest BCUT2D eigenvalue weighted by molar-refractivity contribution is -0.112. The SMILES string of the molecule is CCN(CC)CCCC(C)Nc1c2ccc(Cl)cc2nc2ccc(OC)cc12.O=C1C(=O)c2ccccc2C(O)=C1C1CCC(c2ccc(Cl)cc2)CC1. The van der Waals surface area contributed by atoms with Gasteiger partial charge >= 0.3 is 0 Å². The highest BCUT2D eigenvalue weighted by Gasteiger charge is 2.38. The normalized spacial score (nSPS) is 17.7. The van der Waals surface area contributed by atoms with Crippen molar-refractivity contribution in [2.45, 2.75) is 71.3 Å². The van der Waals surface area contributed by atoms with Crippen LogP contribution in [-0.2, 0) is 4.79 Å². The number of anilines is 1. The quantitative estimate of drug-likeness (QED) is 0.102. The highest BCUT2D eigenvalue weighted by Crippen LogP contribution is 2.43. The Kier molecular flexibility index (Phi) is 12.9. The van der Waals surface area contributed by atoms with Crippen LogP contribution in [0.4, 0.5) is 5.69 Å². The number of aliphatic hydroxyl groups is 1. The topological polar surface area (TPSA) is 91.8 Å². The molecule has 1 fully saturated rings. The summed E-state index contributed by atoms with van der Waals surface area (Å²) in [5.74, 6) is 0.126. The van der Waals surface area contributed by atoms with Crippen molar-refractivity contribution in [2.75, 3.05) is 32.1 Å². The van der Waals surface area contributed by atoms with Gasteiger partial charge in [0.05, 0.1) is 23.8 Å². The summed E-state index contributed by atoms with van der Waals surface area (Å²) in [5, 5.41) is 18.0. The van der Waals surface area contributed by atoms with Gasteiger partial charge in [-0.15, -0.1) is 0 Å². The Bertz CT molecular complexity index is 2150. The molecule has 0 saturated heterocycles. The minimum atomic E-state index is -0.545. The Morgan fingerprint density at radius 1 is 0.815 bits per heavy atom. The van der Waals surface area contributed by atoms with Gasteiger partial charge < -0.3 is 20.1 Å². The second kappa shape index (κ2) is 17.8. The molecule has 282 valence electrons. The number of Topliss-reactive ketones (excluding diaryl/α,β-unsaturated/α-hetero) is 2. The first-order chi connectivity index (χ1) is 26.1. The maximum Gasteiger partial charge on any atom is 0.234 e. The van der Waals surface area contributed by atoms with Crippen LogP contribution in [0.2, 0.25) is 10.0 Å². The van der Waals surface area contributed by atoms with E-state index in [4.69, 9.17) is 32.9 Å². The predicted molar refractivity (Wildman–Crippen MR) is 222 cm³/mol. The van der Waals surface area contributed by atoms with Crippen molar-refractivity contribution in [3.05, 3.63) is 117 Å². The number of hydrogen-bond acceptors (Lipinski definition) is 7. The largest absolute Gasteiger partial charge is 0.507 e. The van der Waals surface area contributed by atoms with Crippen LogP contribution in [0.15, 0.2) is 90.5 Å². The molecular weight excluding hydrogens is 717 g/mol. The molecule has 1 unspecified atom stereocenters. The van der Waals surface area contributed by atoms with Gasteiger partial charge in [-0.1, -0.05) is 73.4 Å². The third-order valence-electron chi connectivity index (χ3n) is 10.9. The second-order valence-electron chi connectivity index (χ2n) is 14.3. The van der Waals surface area contributed by atoms with Crippen LogP contribution in [0.3, 0.4) is 0 Å². The zero-order valence-electron chi connectivity index (χ0n) is 31.5. The molecule has 1 atom stereocenters. The fraction of sp³-hybridized carbons (Fsp3) is 0.356. The first kappa shape index (κ1) is 39.3. The van der Waals surface area contributed by atoms with E-state index in [0.29, 0.717) is 33.7 Å². The number of hydrogen-bond donors (Lipinski definition) is 2. The molecule has 4 aromatic carbocycles. The van der Waals surface area contributed by atoms with Crippen LogP contribution >= 0.6 is 23.2 Å². The summed E-state index contributed by atoms with van der Waals surface area (Å²) in [7, 11) is 1.69. The first-order valence-electron chi connectivity index (χ1n) is 19.0. The molecule has 1 saturated carbocycles. The summed E-state index contributed by atoms with van der Waals surface area (Å²) in [6.45, 7) is 10.0. The van der Waals surface area contributed by atoms with E-state index in [1.165, 1.54) is 12.0 Å².